The van der Waals surface area contributed by atoms with E-state index in [1.807, 2.05) is 0 Å². The van der Waals surface area contributed by atoms with Gasteiger partial charge in [-0.3, -0.25) is 4.79 Å². The average molecular weight is 265 g/mol. The van der Waals surface area contributed by atoms with Gasteiger partial charge in [-0.05, 0) is 48.0 Å². The first kappa shape index (κ1) is 12.6. The van der Waals surface area contributed by atoms with Crippen LogP contribution >= 0.6 is 11.6 Å². The molecule has 0 aliphatic rings. The predicted octanol–water partition coefficient (Wildman–Crippen LogP) is 4.41. The zero-order chi connectivity index (χ0) is 13.0. The van der Waals surface area contributed by atoms with Crippen molar-refractivity contribution < 1.29 is 13.9 Å². The van der Waals surface area contributed by atoms with Gasteiger partial charge in [-0.25, -0.2) is 4.39 Å². The Labute approximate surface area is 109 Å². The molecule has 92 valence electrons. The first-order valence-corrected chi connectivity index (χ1v) is 5.67. The molecule has 0 atom stereocenters. The van der Waals surface area contributed by atoms with Crippen molar-refractivity contribution in [2.45, 2.75) is 6.67 Å². The molecule has 0 aliphatic carbocycles. The highest BCUT2D eigenvalue weighted by atomic mass is 35.5. The monoisotopic (exact) mass is 264 g/mol. The van der Waals surface area contributed by atoms with Crippen molar-refractivity contribution in [3.05, 3.63) is 58.6 Å². The lowest BCUT2D eigenvalue weighted by atomic mass is 10.2. The minimum Gasteiger partial charge on any atom is -0.457 e. The Bertz CT molecular complexity index is 552. The van der Waals surface area contributed by atoms with E-state index in [1.54, 1.807) is 42.5 Å². The number of ether oxygens (including phenoxy) is 1. The lowest BCUT2D eigenvalue weighted by molar-refractivity contribution is 0.112. The molecule has 0 radical (unpaired) electrons. The van der Waals surface area contributed by atoms with E-state index in [2.05, 4.69) is 0 Å². The summed E-state index contributed by atoms with van der Waals surface area (Å²) in [5.41, 5.74) is 1.03. The second-order valence-corrected chi connectivity index (χ2v) is 4.15. The maximum atomic E-state index is 12.6. The molecule has 0 saturated heterocycles. The first-order valence-electron chi connectivity index (χ1n) is 5.30. The normalized spacial score (nSPS) is 10.1. The largest absolute Gasteiger partial charge is 0.457 e. The van der Waals surface area contributed by atoms with Crippen LogP contribution in [-0.4, -0.2) is 6.29 Å². The van der Waals surface area contributed by atoms with Gasteiger partial charge >= 0.3 is 0 Å². The number of carbonyl (C=O) groups is 1. The van der Waals surface area contributed by atoms with Crippen LogP contribution in [0.5, 0.6) is 11.5 Å². The van der Waals surface area contributed by atoms with Crippen LogP contribution in [0.15, 0.2) is 42.5 Å². The fraction of sp³-hybridized carbons (Fsp3) is 0.0714. The summed E-state index contributed by atoms with van der Waals surface area (Å²) in [6.07, 6.45) is 0.754. The molecule has 2 nitrogen and oxygen atoms in total. The van der Waals surface area contributed by atoms with Crippen molar-refractivity contribution in [2.75, 3.05) is 0 Å². The number of rotatable bonds is 4. The maximum absolute atomic E-state index is 12.6. The Hall–Kier alpha value is -1.87. The smallest absolute Gasteiger partial charge is 0.150 e. The molecular formula is C14H10ClFO2. The number of hydrogen-bond acceptors (Lipinski definition) is 2. The molecular weight excluding hydrogens is 255 g/mol. The highest BCUT2D eigenvalue weighted by molar-refractivity contribution is 6.30. The van der Waals surface area contributed by atoms with E-state index in [0.29, 0.717) is 27.6 Å². The first-order chi connectivity index (χ1) is 8.71. The third kappa shape index (κ3) is 3.08. The van der Waals surface area contributed by atoms with E-state index in [0.717, 1.165) is 6.29 Å². The fourth-order valence-corrected chi connectivity index (χ4v) is 1.76. The summed E-state index contributed by atoms with van der Waals surface area (Å²) in [4.78, 5) is 10.5. The number of aldehydes is 1. The summed E-state index contributed by atoms with van der Waals surface area (Å²) in [6, 6.07) is 11.4. The van der Waals surface area contributed by atoms with E-state index in [9.17, 15) is 9.18 Å². The van der Waals surface area contributed by atoms with Crippen molar-refractivity contribution in [1.29, 1.82) is 0 Å². The van der Waals surface area contributed by atoms with Gasteiger partial charge in [0.1, 0.15) is 24.5 Å². The highest BCUT2D eigenvalue weighted by Crippen LogP contribution is 2.26. The van der Waals surface area contributed by atoms with Crippen LogP contribution in [0, 0.1) is 0 Å². The second-order valence-electron chi connectivity index (χ2n) is 3.72. The van der Waals surface area contributed by atoms with Crippen LogP contribution in [0.1, 0.15) is 15.9 Å². The van der Waals surface area contributed by atoms with E-state index < -0.39 is 6.67 Å². The second kappa shape index (κ2) is 5.65. The molecule has 0 aliphatic heterocycles. The average Bonchev–Trinajstić information content (AvgIpc) is 2.39. The van der Waals surface area contributed by atoms with Gasteiger partial charge in [0.15, 0.2) is 0 Å². The number of benzene rings is 2. The molecule has 0 spiro atoms. The molecule has 2 aromatic rings. The molecule has 0 bridgehead atoms. The Morgan fingerprint density at radius 1 is 1.11 bits per heavy atom. The van der Waals surface area contributed by atoms with Crippen LogP contribution in [0.3, 0.4) is 0 Å². The summed E-state index contributed by atoms with van der Waals surface area (Å²) in [5.74, 6) is 1.03. The number of alkyl halides is 1. The van der Waals surface area contributed by atoms with Crippen molar-refractivity contribution in [1.82, 2.24) is 0 Å². The van der Waals surface area contributed by atoms with Crippen LogP contribution < -0.4 is 4.74 Å². The van der Waals surface area contributed by atoms with Gasteiger partial charge in [0, 0.05) is 10.6 Å². The van der Waals surface area contributed by atoms with Crippen LogP contribution in [0.2, 0.25) is 5.02 Å². The van der Waals surface area contributed by atoms with Crippen molar-refractivity contribution in [3.63, 3.8) is 0 Å². The zero-order valence-corrected chi connectivity index (χ0v) is 10.2. The molecule has 2 rings (SSSR count). The molecule has 0 N–H and O–H groups in total. The molecule has 0 fully saturated rings. The summed E-state index contributed by atoms with van der Waals surface area (Å²) >= 11 is 5.85. The number of hydrogen-bond donors (Lipinski definition) is 0. The van der Waals surface area contributed by atoms with Crippen molar-refractivity contribution in [3.8, 4) is 11.5 Å². The Balaban J connectivity index is 2.21. The SMILES string of the molecule is O=Cc1ccc(Oc2cc(Cl)cc(CF)c2)cc1. The Morgan fingerprint density at radius 3 is 2.44 bits per heavy atom. The minimum atomic E-state index is -0.596. The van der Waals surface area contributed by atoms with E-state index in [-0.39, 0.29) is 0 Å². The van der Waals surface area contributed by atoms with Gasteiger partial charge in [0.25, 0.3) is 0 Å². The summed E-state index contributed by atoms with van der Waals surface area (Å²) in [6.45, 7) is -0.596. The minimum absolute atomic E-state index is 0.421. The third-order valence-electron chi connectivity index (χ3n) is 2.34. The Morgan fingerprint density at radius 2 is 1.83 bits per heavy atom. The Kier molecular flexibility index (Phi) is 3.95. The zero-order valence-electron chi connectivity index (χ0n) is 9.40. The third-order valence-corrected chi connectivity index (χ3v) is 2.56. The maximum Gasteiger partial charge on any atom is 0.150 e. The van der Waals surface area contributed by atoms with Crippen LogP contribution in [0.25, 0.3) is 0 Å². The summed E-state index contributed by atoms with van der Waals surface area (Å²) < 4.78 is 18.1. The number of carbonyl (C=O) groups excluding carboxylic acids is 1. The van der Waals surface area contributed by atoms with Gasteiger partial charge in [0.2, 0.25) is 0 Å². The van der Waals surface area contributed by atoms with Gasteiger partial charge in [-0.2, -0.15) is 0 Å². The van der Waals surface area contributed by atoms with E-state index in [1.165, 1.54) is 0 Å². The molecule has 0 heterocycles. The summed E-state index contributed by atoms with van der Waals surface area (Å²) in [7, 11) is 0. The van der Waals surface area contributed by atoms with Crippen molar-refractivity contribution >= 4 is 17.9 Å². The van der Waals surface area contributed by atoms with Crippen LogP contribution in [0.4, 0.5) is 4.39 Å². The standard InChI is InChI=1S/C14H10ClFO2/c15-12-5-11(8-16)6-14(7-12)18-13-3-1-10(9-17)2-4-13/h1-7,9H,8H2. The molecule has 4 heteroatoms. The number of halogens is 2. The highest BCUT2D eigenvalue weighted by Gasteiger charge is 2.02. The molecule has 0 unspecified atom stereocenters. The molecule has 18 heavy (non-hydrogen) atoms. The lowest BCUT2D eigenvalue weighted by Gasteiger charge is -2.07. The molecule has 0 saturated carbocycles. The predicted molar refractivity (Wildman–Crippen MR) is 68.2 cm³/mol. The summed E-state index contributed by atoms with van der Waals surface area (Å²) in [5, 5.41) is 0.421. The van der Waals surface area contributed by atoms with Gasteiger partial charge in [-0.15, -0.1) is 0 Å². The van der Waals surface area contributed by atoms with E-state index in [4.69, 9.17) is 16.3 Å². The van der Waals surface area contributed by atoms with E-state index >= 15 is 0 Å². The van der Waals surface area contributed by atoms with Crippen LogP contribution in [-0.2, 0) is 6.67 Å². The van der Waals surface area contributed by atoms with Crippen molar-refractivity contribution in [2.24, 2.45) is 0 Å². The topological polar surface area (TPSA) is 26.3 Å². The molecule has 0 aromatic heterocycles. The molecule has 0 amide bonds. The van der Waals surface area contributed by atoms with Gasteiger partial charge < -0.3 is 4.74 Å². The molecule has 2 aromatic carbocycles. The van der Waals surface area contributed by atoms with Gasteiger partial charge in [0.05, 0.1) is 0 Å². The fourth-order valence-electron chi connectivity index (χ4n) is 1.51. The van der Waals surface area contributed by atoms with Gasteiger partial charge in [-0.1, -0.05) is 11.6 Å². The quantitative estimate of drug-likeness (QED) is 0.765. The lowest BCUT2D eigenvalue weighted by Crippen LogP contribution is -1.87.